The lowest BCUT2D eigenvalue weighted by molar-refractivity contribution is 0.0872. The van der Waals surface area contributed by atoms with Crippen LogP contribution in [0.4, 0.5) is 5.95 Å². The largest absolute Gasteiger partial charge is 0.489 e. The summed E-state index contributed by atoms with van der Waals surface area (Å²) >= 11 is 0. The third kappa shape index (κ3) is 3.60. The SMILES string of the molecule is CCC[C@H]1COc2cc(C#N)cc3nc(NCC(C)(C)N(CC)NC)n1c23. The van der Waals surface area contributed by atoms with Crippen LogP contribution in [0.25, 0.3) is 11.0 Å². The Kier molecular flexibility index (Phi) is 5.59. The zero-order chi connectivity index (χ0) is 19.6. The van der Waals surface area contributed by atoms with Gasteiger partial charge >= 0.3 is 0 Å². The molecule has 1 aromatic heterocycles. The molecule has 3 rings (SSSR count). The maximum absolute atomic E-state index is 9.30. The van der Waals surface area contributed by atoms with Crippen molar-refractivity contribution in [3.05, 3.63) is 17.7 Å². The number of imidazole rings is 1. The number of nitrogens with zero attached hydrogens (tertiary/aromatic N) is 4. The fourth-order valence-corrected chi connectivity index (χ4v) is 3.93. The molecular formula is C20H30N6O. The molecule has 0 aliphatic carbocycles. The average Bonchev–Trinajstić information content (AvgIpc) is 3.03. The van der Waals surface area contributed by atoms with Crippen LogP contribution in [0.1, 0.15) is 52.1 Å². The molecule has 1 aliphatic rings. The third-order valence-electron chi connectivity index (χ3n) is 5.29. The van der Waals surface area contributed by atoms with Crippen molar-refractivity contribution < 1.29 is 4.74 Å². The van der Waals surface area contributed by atoms with E-state index < -0.39 is 0 Å². The Balaban J connectivity index is 2.00. The van der Waals surface area contributed by atoms with E-state index in [-0.39, 0.29) is 11.6 Å². The second-order valence-corrected chi connectivity index (χ2v) is 7.65. The summed E-state index contributed by atoms with van der Waals surface area (Å²) in [5.41, 5.74) is 5.54. The van der Waals surface area contributed by atoms with Crippen LogP contribution in [-0.2, 0) is 0 Å². The molecule has 2 aromatic rings. The van der Waals surface area contributed by atoms with Crippen molar-refractivity contribution in [3.8, 4) is 11.8 Å². The number of hydrazine groups is 1. The van der Waals surface area contributed by atoms with Crippen LogP contribution in [-0.4, -0.2) is 46.8 Å². The first-order chi connectivity index (χ1) is 12.9. The lowest BCUT2D eigenvalue weighted by atomic mass is 10.1. The molecule has 27 heavy (non-hydrogen) atoms. The maximum Gasteiger partial charge on any atom is 0.204 e. The first-order valence-corrected chi connectivity index (χ1v) is 9.72. The van der Waals surface area contributed by atoms with E-state index in [0.29, 0.717) is 12.2 Å². The van der Waals surface area contributed by atoms with Gasteiger partial charge in [-0.1, -0.05) is 20.3 Å². The number of hydrogen-bond acceptors (Lipinski definition) is 6. The van der Waals surface area contributed by atoms with Crippen LogP contribution in [0.2, 0.25) is 0 Å². The number of aromatic nitrogens is 2. The fourth-order valence-electron chi connectivity index (χ4n) is 3.93. The summed E-state index contributed by atoms with van der Waals surface area (Å²) in [5, 5.41) is 15.1. The van der Waals surface area contributed by atoms with Gasteiger partial charge in [-0.25, -0.2) is 9.99 Å². The highest BCUT2D eigenvalue weighted by Gasteiger charge is 2.29. The average molecular weight is 371 g/mol. The number of rotatable bonds is 8. The van der Waals surface area contributed by atoms with Crippen molar-refractivity contribution in [2.75, 3.05) is 32.1 Å². The van der Waals surface area contributed by atoms with E-state index in [9.17, 15) is 5.26 Å². The van der Waals surface area contributed by atoms with Gasteiger partial charge < -0.3 is 14.6 Å². The molecule has 0 bridgehead atoms. The van der Waals surface area contributed by atoms with E-state index in [1.165, 1.54) is 0 Å². The molecule has 1 aromatic carbocycles. The van der Waals surface area contributed by atoms with Gasteiger partial charge in [0.15, 0.2) is 0 Å². The molecule has 2 N–H and O–H groups in total. The maximum atomic E-state index is 9.30. The van der Waals surface area contributed by atoms with E-state index in [1.807, 2.05) is 19.2 Å². The molecular weight excluding hydrogens is 340 g/mol. The second-order valence-electron chi connectivity index (χ2n) is 7.65. The molecule has 0 spiro atoms. The minimum absolute atomic E-state index is 0.0893. The second kappa shape index (κ2) is 7.75. The van der Waals surface area contributed by atoms with E-state index in [4.69, 9.17) is 9.72 Å². The van der Waals surface area contributed by atoms with Crippen LogP contribution >= 0.6 is 0 Å². The van der Waals surface area contributed by atoms with Crippen LogP contribution < -0.4 is 15.5 Å². The summed E-state index contributed by atoms with van der Waals surface area (Å²) in [6.45, 7) is 11.0. The number of hydrogen-bond donors (Lipinski definition) is 2. The Morgan fingerprint density at radius 1 is 1.41 bits per heavy atom. The smallest absolute Gasteiger partial charge is 0.204 e. The first kappa shape index (κ1) is 19.5. The zero-order valence-electron chi connectivity index (χ0n) is 17.0. The van der Waals surface area contributed by atoms with Crippen molar-refractivity contribution in [2.45, 2.75) is 52.1 Å². The summed E-state index contributed by atoms with van der Waals surface area (Å²) in [7, 11) is 1.95. The standard InChI is InChI=1S/C20H30N6O/c1-6-8-15-12-27-17-10-14(11-21)9-16-18(17)26(15)19(24-16)23-13-20(3,4)25(7-2)22-5/h9-10,15,22H,6-8,12-13H2,1-5H3,(H,23,24)/t15-/m0/s1. The van der Waals surface area contributed by atoms with E-state index in [2.05, 4.69) is 54.1 Å². The number of anilines is 1. The van der Waals surface area contributed by atoms with Crippen molar-refractivity contribution in [1.82, 2.24) is 20.0 Å². The summed E-state index contributed by atoms with van der Waals surface area (Å²) in [5.74, 6) is 1.60. The predicted molar refractivity (Wildman–Crippen MR) is 108 cm³/mol. The Labute approximate surface area is 161 Å². The van der Waals surface area contributed by atoms with Gasteiger partial charge in [-0.2, -0.15) is 5.26 Å². The van der Waals surface area contributed by atoms with Crippen LogP contribution in [0.3, 0.4) is 0 Å². The minimum atomic E-state index is -0.0893. The Morgan fingerprint density at radius 2 is 2.19 bits per heavy atom. The molecule has 1 aliphatic heterocycles. The summed E-state index contributed by atoms with van der Waals surface area (Å²) in [4.78, 5) is 4.82. The quantitative estimate of drug-likeness (QED) is 0.694. The molecule has 2 heterocycles. The van der Waals surface area contributed by atoms with Gasteiger partial charge in [0.2, 0.25) is 5.95 Å². The van der Waals surface area contributed by atoms with Gasteiger partial charge in [-0.3, -0.25) is 5.43 Å². The molecule has 0 radical (unpaired) electrons. The molecule has 0 saturated heterocycles. The molecule has 0 amide bonds. The molecule has 7 nitrogen and oxygen atoms in total. The number of benzene rings is 1. The number of nitrogens with one attached hydrogen (secondary N) is 2. The van der Waals surface area contributed by atoms with Gasteiger partial charge in [0.25, 0.3) is 0 Å². The van der Waals surface area contributed by atoms with E-state index in [0.717, 1.165) is 48.7 Å². The Bertz CT molecular complexity index is 846. The minimum Gasteiger partial charge on any atom is -0.489 e. The molecule has 1 atom stereocenters. The molecule has 0 unspecified atom stereocenters. The fraction of sp³-hybridized carbons (Fsp3) is 0.600. The summed E-state index contributed by atoms with van der Waals surface area (Å²) in [6.07, 6.45) is 2.11. The Hall–Kier alpha value is -2.30. The number of likely N-dealkylation sites (N-methyl/N-ethyl adjacent to an activating group) is 1. The lowest BCUT2D eigenvalue weighted by Crippen LogP contribution is -2.54. The first-order valence-electron chi connectivity index (χ1n) is 9.72. The van der Waals surface area contributed by atoms with Crippen molar-refractivity contribution in [3.63, 3.8) is 0 Å². The van der Waals surface area contributed by atoms with Crippen LogP contribution in [0, 0.1) is 11.3 Å². The van der Waals surface area contributed by atoms with Gasteiger partial charge in [0.05, 0.1) is 23.2 Å². The van der Waals surface area contributed by atoms with Crippen molar-refractivity contribution >= 4 is 17.0 Å². The highest BCUT2D eigenvalue weighted by Crippen LogP contribution is 2.38. The topological polar surface area (TPSA) is 78.1 Å². The summed E-state index contributed by atoms with van der Waals surface area (Å²) < 4.78 is 8.25. The summed E-state index contributed by atoms with van der Waals surface area (Å²) in [6, 6.07) is 6.11. The van der Waals surface area contributed by atoms with E-state index >= 15 is 0 Å². The Morgan fingerprint density at radius 3 is 2.81 bits per heavy atom. The molecule has 0 fully saturated rings. The molecule has 0 saturated carbocycles. The van der Waals surface area contributed by atoms with Gasteiger partial charge in [0, 0.05) is 24.7 Å². The van der Waals surface area contributed by atoms with Crippen LogP contribution in [0.15, 0.2) is 12.1 Å². The van der Waals surface area contributed by atoms with Gasteiger partial charge in [-0.15, -0.1) is 0 Å². The highest BCUT2D eigenvalue weighted by atomic mass is 16.5. The van der Waals surface area contributed by atoms with Crippen molar-refractivity contribution in [2.24, 2.45) is 0 Å². The number of nitriles is 1. The van der Waals surface area contributed by atoms with Gasteiger partial charge in [0.1, 0.15) is 17.9 Å². The van der Waals surface area contributed by atoms with Crippen molar-refractivity contribution in [1.29, 1.82) is 5.26 Å². The van der Waals surface area contributed by atoms with Gasteiger partial charge in [-0.05, 0) is 33.4 Å². The monoisotopic (exact) mass is 370 g/mol. The normalized spacial score (nSPS) is 16.4. The zero-order valence-corrected chi connectivity index (χ0v) is 17.0. The van der Waals surface area contributed by atoms with Crippen LogP contribution in [0.5, 0.6) is 5.75 Å². The highest BCUT2D eigenvalue weighted by molar-refractivity contribution is 5.87. The predicted octanol–water partition coefficient (Wildman–Crippen LogP) is 3.29. The van der Waals surface area contributed by atoms with E-state index in [1.54, 1.807) is 0 Å². The molecule has 7 heteroatoms. The third-order valence-corrected chi connectivity index (χ3v) is 5.29. The molecule has 146 valence electrons. The number of ether oxygens (including phenoxy) is 1. The lowest BCUT2D eigenvalue weighted by Gasteiger charge is -2.37.